The van der Waals surface area contributed by atoms with Crippen LogP contribution < -0.4 is 0 Å². The van der Waals surface area contributed by atoms with E-state index in [0.29, 0.717) is 19.3 Å². The molecule has 0 aliphatic rings. The second-order valence-electron chi connectivity index (χ2n) is 27.5. The van der Waals surface area contributed by atoms with Crippen LogP contribution in [0.4, 0.5) is 0 Å². The van der Waals surface area contributed by atoms with Gasteiger partial charge in [-0.05, 0) is 128 Å². The molecular weight excluding hydrogens is 1340 g/mol. The number of carbonyl (C=O) groups is 3. The van der Waals surface area contributed by atoms with E-state index in [2.05, 4.69) is 130 Å². The number of carbonyl (C=O) groups excluding carboxylic acids is 3. The van der Waals surface area contributed by atoms with E-state index >= 15 is 0 Å². The average Bonchev–Trinajstić information content (AvgIpc) is 0.946. The van der Waals surface area contributed by atoms with Gasteiger partial charge in [-0.15, -0.1) is 0 Å². The number of phosphoric ester groups is 2. The zero-order valence-electron chi connectivity index (χ0n) is 65.2. The fourth-order valence-electron chi connectivity index (χ4n) is 11.2. The number of ether oxygens (including phenoxy) is 3. The van der Waals surface area contributed by atoms with Crippen LogP contribution in [-0.2, 0) is 55.8 Å². The molecule has 0 fully saturated rings. The third-order valence-corrected chi connectivity index (χ3v) is 19.4. The van der Waals surface area contributed by atoms with Crippen LogP contribution in [0, 0.1) is 0 Å². The van der Waals surface area contributed by atoms with Gasteiger partial charge in [-0.3, -0.25) is 32.5 Å². The third kappa shape index (κ3) is 79.1. The van der Waals surface area contributed by atoms with E-state index in [-0.39, 0.29) is 19.3 Å². The van der Waals surface area contributed by atoms with E-state index in [9.17, 15) is 43.5 Å². The van der Waals surface area contributed by atoms with E-state index in [4.69, 9.17) is 32.3 Å². The van der Waals surface area contributed by atoms with Crippen molar-refractivity contribution in [3.63, 3.8) is 0 Å². The number of phosphoric acid groups is 2. The molecule has 16 nitrogen and oxygen atoms in total. The van der Waals surface area contributed by atoms with E-state index in [1.165, 1.54) is 154 Å². The average molecular weight is 1490 g/mol. The summed E-state index contributed by atoms with van der Waals surface area (Å²) >= 11 is 0. The summed E-state index contributed by atoms with van der Waals surface area (Å²) in [6.07, 6.45) is 91.6. The summed E-state index contributed by atoms with van der Waals surface area (Å²) < 4.78 is 61.1. The van der Waals surface area contributed by atoms with E-state index < -0.39 is 91.5 Å². The van der Waals surface area contributed by atoms with E-state index in [0.717, 1.165) is 141 Å². The number of esters is 3. The van der Waals surface area contributed by atoms with Gasteiger partial charge in [0.05, 0.1) is 26.4 Å². The minimum atomic E-state index is -4.93. The molecule has 0 aromatic carbocycles. The fourth-order valence-corrected chi connectivity index (χ4v) is 12.8. The quantitative estimate of drug-likeness (QED) is 0.0146. The predicted molar refractivity (Wildman–Crippen MR) is 427 cm³/mol. The normalized spacial score (nSPS) is 14.5. The smallest absolute Gasteiger partial charge is 0.463 e. The zero-order chi connectivity index (χ0) is 75.2. The number of unbranched alkanes of at least 4 members (excludes halogenated alkanes) is 37. The largest absolute Gasteiger partial charge is 0.472 e. The molecule has 0 spiro atoms. The minimum absolute atomic E-state index is 0.0910. The van der Waals surface area contributed by atoms with Crippen LogP contribution in [-0.4, -0.2) is 95.9 Å². The van der Waals surface area contributed by atoms with Crippen molar-refractivity contribution in [3.8, 4) is 0 Å². The van der Waals surface area contributed by atoms with Crippen molar-refractivity contribution in [2.75, 3.05) is 39.6 Å². The van der Waals surface area contributed by atoms with Crippen molar-refractivity contribution >= 4 is 33.6 Å². The highest BCUT2D eigenvalue weighted by Crippen LogP contribution is 2.45. The first-order valence-electron chi connectivity index (χ1n) is 41.2. The predicted octanol–water partition coefficient (Wildman–Crippen LogP) is 24.3. The molecule has 103 heavy (non-hydrogen) atoms. The van der Waals surface area contributed by atoms with Crippen LogP contribution in [0.1, 0.15) is 355 Å². The monoisotopic (exact) mass is 1490 g/mol. The molecule has 5 atom stereocenters. The summed E-state index contributed by atoms with van der Waals surface area (Å²) in [6.45, 7) is 2.53. The molecule has 18 heteroatoms. The van der Waals surface area contributed by atoms with Crippen LogP contribution >= 0.6 is 15.6 Å². The molecule has 0 saturated carbocycles. The minimum Gasteiger partial charge on any atom is -0.463 e. The molecule has 0 saturated heterocycles. The second-order valence-corrected chi connectivity index (χ2v) is 30.4. The van der Waals surface area contributed by atoms with Gasteiger partial charge in [0, 0.05) is 19.3 Å². The van der Waals surface area contributed by atoms with Crippen molar-refractivity contribution in [3.05, 3.63) is 109 Å². The fraction of sp³-hybridized carbons (Fsp3) is 0.753. The molecule has 0 rings (SSSR count). The maximum Gasteiger partial charge on any atom is 0.472 e. The lowest BCUT2D eigenvalue weighted by Crippen LogP contribution is -2.30. The summed E-state index contributed by atoms with van der Waals surface area (Å²) in [7, 11) is -9.79. The van der Waals surface area contributed by atoms with Gasteiger partial charge in [0.25, 0.3) is 0 Å². The highest BCUT2D eigenvalue weighted by Gasteiger charge is 2.29. The molecule has 596 valence electrons. The Morgan fingerprint density at radius 1 is 0.282 bits per heavy atom. The lowest BCUT2D eigenvalue weighted by atomic mass is 10.0. The van der Waals surface area contributed by atoms with Crippen molar-refractivity contribution in [1.82, 2.24) is 0 Å². The number of hydrogen-bond donors (Lipinski definition) is 4. The molecule has 5 unspecified atom stereocenters. The first-order chi connectivity index (χ1) is 50.2. The summed E-state index contributed by atoms with van der Waals surface area (Å²) in [6, 6.07) is 0. The van der Waals surface area contributed by atoms with Crippen LogP contribution in [0.2, 0.25) is 0 Å². The molecular formula is C85H150O16P2. The lowest BCUT2D eigenvalue weighted by molar-refractivity contribution is -0.161. The van der Waals surface area contributed by atoms with Gasteiger partial charge in [-0.2, -0.15) is 0 Å². The molecule has 0 aromatic rings. The molecule has 0 aromatic heterocycles. The first kappa shape index (κ1) is 99.2. The van der Waals surface area contributed by atoms with Crippen molar-refractivity contribution in [2.45, 2.75) is 373 Å². The maximum atomic E-state index is 12.9. The Labute approximate surface area is 628 Å². The van der Waals surface area contributed by atoms with Crippen LogP contribution in [0.25, 0.3) is 0 Å². The van der Waals surface area contributed by atoms with Gasteiger partial charge in [-0.1, -0.05) is 316 Å². The first-order valence-corrected chi connectivity index (χ1v) is 44.2. The Hall–Kier alpha value is -3.79. The van der Waals surface area contributed by atoms with Crippen LogP contribution in [0.15, 0.2) is 109 Å². The number of rotatable bonds is 78. The van der Waals surface area contributed by atoms with Crippen LogP contribution in [0.3, 0.4) is 0 Å². The number of aliphatic hydroxyl groups excluding tert-OH is 2. The van der Waals surface area contributed by atoms with Crippen molar-refractivity contribution < 1.29 is 75.8 Å². The highest BCUT2D eigenvalue weighted by molar-refractivity contribution is 7.47. The Bertz CT molecular complexity index is 2310. The SMILES string of the molecule is CC/C=C\C/C=C\C/C=C\C/C=C\CCCCCCCCC(=O)OCC(COP(=O)(O)OCC(O)COP(=O)(O)OCC(O)COC(=O)CCCCCCCCCCCCCCCCCCCCC/C=C\C/C=C\C/C=C\C/C=C\CCCCC)OC(=O)CCCCCCC/C=C\CCCCCC. The number of hydrogen-bond acceptors (Lipinski definition) is 14. The zero-order valence-corrected chi connectivity index (χ0v) is 67.0. The molecule has 0 amide bonds. The van der Waals surface area contributed by atoms with Gasteiger partial charge >= 0.3 is 33.6 Å². The molecule has 0 aliphatic heterocycles. The summed E-state index contributed by atoms with van der Waals surface area (Å²) in [5.74, 6) is -1.59. The second kappa shape index (κ2) is 77.8. The Kier molecular flexibility index (Phi) is 74.9. The van der Waals surface area contributed by atoms with Gasteiger partial charge < -0.3 is 34.2 Å². The summed E-state index contributed by atoms with van der Waals surface area (Å²) in [5.41, 5.74) is 0. The summed E-state index contributed by atoms with van der Waals surface area (Å²) in [4.78, 5) is 58.6. The Morgan fingerprint density at radius 3 is 0.845 bits per heavy atom. The maximum absolute atomic E-state index is 12.9. The van der Waals surface area contributed by atoms with Gasteiger partial charge in [0.1, 0.15) is 25.4 Å². The van der Waals surface area contributed by atoms with Crippen molar-refractivity contribution in [1.29, 1.82) is 0 Å². The third-order valence-electron chi connectivity index (χ3n) is 17.5. The van der Waals surface area contributed by atoms with E-state index in [1.807, 2.05) is 0 Å². The van der Waals surface area contributed by atoms with Crippen molar-refractivity contribution in [2.24, 2.45) is 0 Å². The standard InChI is InChI=1S/C85H150O16P2/c1-4-7-10-13-16-19-22-25-27-29-31-32-33-34-35-36-37-38-39-40-41-42-43-44-45-46-48-50-51-54-56-59-62-65-68-71-83(88)95-74-80(86)75-97-102(91,92)98-76-81(87)77-99-103(93,94)100-79-82(101-85(90)73-70-67-64-61-58-53-24-21-18-15-12-9-6-3)78-96-84(89)72-69-66-63-60-57-55-52-49-47-30-28-26-23-20-17-14-11-8-5-2/h8,11,16-17,19-21,24-28,31-32,34-35,47,49,80-82,86-87H,4-7,9-10,12-15,18,22-23,29-30,33,36-46,48,50-79H2,1-3H3,(H,91,92)(H,93,94)/b11-8-,19-16-,20-17-,24-21-,27-25-,28-26-,32-31-,35-34-,49-47-. The molecule has 4 N–H and O–H groups in total. The van der Waals surface area contributed by atoms with Crippen LogP contribution in [0.5, 0.6) is 0 Å². The number of allylic oxidation sites excluding steroid dienone is 18. The lowest BCUT2D eigenvalue weighted by Gasteiger charge is -2.21. The molecule has 0 radical (unpaired) electrons. The van der Waals surface area contributed by atoms with Gasteiger partial charge in [0.15, 0.2) is 6.10 Å². The summed E-state index contributed by atoms with van der Waals surface area (Å²) in [5, 5.41) is 20.6. The Balaban J connectivity index is 4.36. The van der Waals surface area contributed by atoms with E-state index in [1.54, 1.807) is 0 Å². The topological polar surface area (TPSA) is 231 Å². The van der Waals surface area contributed by atoms with Gasteiger partial charge in [0.2, 0.25) is 0 Å². The Morgan fingerprint density at radius 2 is 0.515 bits per heavy atom. The molecule has 0 aliphatic carbocycles. The highest BCUT2D eigenvalue weighted by atomic mass is 31.2. The number of aliphatic hydroxyl groups is 2. The molecule has 0 heterocycles. The van der Waals surface area contributed by atoms with Gasteiger partial charge in [-0.25, -0.2) is 9.13 Å². The molecule has 0 bridgehead atoms.